The van der Waals surface area contributed by atoms with Crippen LogP contribution in [0.25, 0.3) is 0 Å². The summed E-state index contributed by atoms with van der Waals surface area (Å²) in [7, 11) is 0. The van der Waals surface area contributed by atoms with Crippen molar-refractivity contribution in [2.45, 2.75) is 65.5 Å². The minimum atomic E-state index is 0.0665. The lowest BCUT2D eigenvalue weighted by Crippen LogP contribution is -2.45. The van der Waals surface area contributed by atoms with Gasteiger partial charge >= 0.3 is 0 Å². The van der Waals surface area contributed by atoms with E-state index in [0.717, 1.165) is 19.4 Å². The molecule has 1 heterocycles. The molecule has 1 aromatic heterocycles. The van der Waals surface area contributed by atoms with E-state index < -0.39 is 0 Å². The van der Waals surface area contributed by atoms with Crippen molar-refractivity contribution in [1.82, 2.24) is 15.0 Å². The van der Waals surface area contributed by atoms with Gasteiger partial charge in [-0.2, -0.15) is 4.98 Å². The van der Waals surface area contributed by atoms with Gasteiger partial charge in [-0.15, -0.1) is 0 Å². The van der Waals surface area contributed by atoms with Crippen molar-refractivity contribution in [3.63, 3.8) is 0 Å². The highest BCUT2D eigenvalue weighted by molar-refractivity contribution is 5.77. The van der Waals surface area contributed by atoms with E-state index in [-0.39, 0.29) is 19.1 Å². The lowest BCUT2D eigenvalue weighted by atomic mass is 9.93. The first kappa shape index (κ1) is 16.9. The molecule has 0 saturated heterocycles. The molecule has 0 bridgehead atoms. The Bertz CT molecular complexity index is 467. The van der Waals surface area contributed by atoms with Gasteiger partial charge in [-0.25, -0.2) is 0 Å². The maximum atomic E-state index is 12.5. The van der Waals surface area contributed by atoms with E-state index in [9.17, 15) is 4.79 Å². The topological polar surface area (TPSA) is 68.5 Å². The number of hydrogen-bond acceptors (Lipinski definition) is 5. The van der Waals surface area contributed by atoms with E-state index in [4.69, 9.17) is 9.26 Å². The fourth-order valence-electron chi connectivity index (χ4n) is 2.95. The van der Waals surface area contributed by atoms with Crippen LogP contribution in [0.5, 0.6) is 0 Å². The molecule has 1 amide bonds. The molecule has 0 N–H and O–H groups in total. The molecular weight excluding hydrogens is 282 g/mol. The Morgan fingerprint density at radius 2 is 2.09 bits per heavy atom. The molecule has 124 valence electrons. The van der Waals surface area contributed by atoms with Crippen molar-refractivity contribution in [3.8, 4) is 0 Å². The minimum Gasteiger partial charge on any atom is -0.362 e. The summed E-state index contributed by atoms with van der Waals surface area (Å²) in [6.45, 7) is 7.10. The Hall–Kier alpha value is -1.43. The quantitative estimate of drug-likeness (QED) is 0.774. The van der Waals surface area contributed by atoms with E-state index in [2.05, 4.69) is 24.0 Å². The van der Waals surface area contributed by atoms with Gasteiger partial charge < -0.3 is 14.2 Å². The van der Waals surface area contributed by atoms with Gasteiger partial charge in [0.2, 0.25) is 5.91 Å². The third-order valence-corrected chi connectivity index (χ3v) is 3.92. The van der Waals surface area contributed by atoms with Crippen LogP contribution in [0.15, 0.2) is 4.52 Å². The molecule has 1 aliphatic carbocycles. The summed E-state index contributed by atoms with van der Waals surface area (Å²) in [6.07, 6.45) is 5.94. The molecular formula is C16H27N3O3. The second-order valence-corrected chi connectivity index (χ2v) is 6.46. The maximum absolute atomic E-state index is 12.5. The molecule has 0 unspecified atom stereocenters. The van der Waals surface area contributed by atoms with Crippen molar-refractivity contribution in [3.05, 3.63) is 11.7 Å². The second kappa shape index (κ2) is 8.27. The monoisotopic (exact) mass is 309 g/mol. The zero-order valence-corrected chi connectivity index (χ0v) is 13.9. The van der Waals surface area contributed by atoms with Gasteiger partial charge in [0, 0.05) is 12.6 Å². The number of ether oxygens (including phenoxy) is 1. The largest absolute Gasteiger partial charge is 0.362 e. The average molecular weight is 309 g/mol. The third kappa shape index (κ3) is 5.09. The molecule has 1 fully saturated rings. The van der Waals surface area contributed by atoms with E-state index in [0.29, 0.717) is 23.7 Å². The molecule has 1 saturated carbocycles. The van der Waals surface area contributed by atoms with Gasteiger partial charge in [0.05, 0.1) is 0 Å². The fourth-order valence-corrected chi connectivity index (χ4v) is 2.95. The third-order valence-electron chi connectivity index (χ3n) is 3.92. The Labute approximate surface area is 132 Å². The van der Waals surface area contributed by atoms with Gasteiger partial charge in [0.1, 0.15) is 13.2 Å². The van der Waals surface area contributed by atoms with Crippen molar-refractivity contribution in [1.29, 1.82) is 0 Å². The molecule has 1 aliphatic rings. The van der Waals surface area contributed by atoms with Crippen LogP contribution in [0.4, 0.5) is 0 Å². The van der Waals surface area contributed by atoms with Crippen molar-refractivity contribution < 1.29 is 14.1 Å². The van der Waals surface area contributed by atoms with Crippen LogP contribution in [0.3, 0.4) is 0 Å². The lowest BCUT2D eigenvalue weighted by Gasteiger charge is -2.35. The number of hydrogen-bond donors (Lipinski definition) is 0. The molecule has 2 rings (SSSR count). The maximum Gasteiger partial charge on any atom is 0.252 e. The first-order chi connectivity index (χ1) is 10.6. The van der Waals surface area contributed by atoms with Crippen LogP contribution in [0.2, 0.25) is 0 Å². The number of aryl methyl sites for hydroxylation is 1. The fraction of sp³-hybridized carbons (Fsp3) is 0.812. The standard InChI is InChI=1S/C16H27N3O3/c1-12(2)9-19(14-7-5-4-6-8-14)16(20)11-21-10-15-17-13(3)18-22-15/h12,14H,4-11H2,1-3H3. The summed E-state index contributed by atoms with van der Waals surface area (Å²) in [5.41, 5.74) is 0. The molecule has 6 heteroatoms. The van der Waals surface area contributed by atoms with Gasteiger partial charge in [-0.05, 0) is 25.7 Å². The smallest absolute Gasteiger partial charge is 0.252 e. The first-order valence-corrected chi connectivity index (χ1v) is 8.22. The predicted molar refractivity (Wildman–Crippen MR) is 82.1 cm³/mol. The van der Waals surface area contributed by atoms with Crippen LogP contribution < -0.4 is 0 Å². The predicted octanol–water partition coefficient (Wildman–Crippen LogP) is 2.71. The van der Waals surface area contributed by atoms with Crippen LogP contribution in [-0.4, -0.2) is 40.1 Å². The molecule has 0 spiro atoms. The summed E-state index contributed by atoms with van der Waals surface area (Å²) in [6, 6.07) is 0.373. The molecule has 0 aromatic carbocycles. The van der Waals surface area contributed by atoms with Gasteiger partial charge in [0.25, 0.3) is 5.89 Å². The summed E-state index contributed by atoms with van der Waals surface area (Å²) in [4.78, 5) is 18.6. The van der Waals surface area contributed by atoms with Gasteiger partial charge in [-0.1, -0.05) is 38.3 Å². The SMILES string of the molecule is Cc1noc(COCC(=O)N(CC(C)C)C2CCCCC2)n1. The number of aromatic nitrogens is 2. The summed E-state index contributed by atoms with van der Waals surface area (Å²) in [5.74, 6) is 1.52. The Balaban J connectivity index is 1.84. The van der Waals surface area contributed by atoms with E-state index in [1.807, 2.05) is 4.90 Å². The van der Waals surface area contributed by atoms with Crippen molar-refractivity contribution in [2.75, 3.05) is 13.2 Å². The summed E-state index contributed by atoms with van der Waals surface area (Å²) in [5, 5.41) is 3.70. The summed E-state index contributed by atoms with van der Waals surface area (Å²) >= 11 is 0. The normalized spacial score (nSPS) is 16.2. The Morgan fingerprint density at radius 1 is 1.36 bits per heavy atom. The van der Waals surface area contributed by atoms with Gasteiger partial charge in [-0.3, -0.25) is 4.79 Å². The molecule has 6 nitrogen and oxygen atoms in total. The summed E-state index contributed by atoms with van der Waals surface area (Å²) < 4.78 is 10.4. The molecule has 22 heavy (non-hydrogen) atoms. The zero-order chi connectivity index (χ0) is 15.9. The van der Waals surface area contributed by atoms with Gasteiger partial charge in [0.15, 0.2) is 5.82 Å². The number of rotatable bonds is 7. The molecule has 1 aromatic rings. The number of carbonyl (C=O) groups excluding carboxylic acids is 1. The average Bonchev–Trinajstić information content (AvgIpc) is 2.91. The molecule has 0 radical (unpaired) electrons. The number of nitrogens with zero attached hydrogens (tertiary/aromatic N) is 3. The van der Waals surface area contributed by atoms with Crippen LogP contribution in [-0.2, 0) is 16.1 Å². The molecule has 0 atom stereocenters. The Morgan fingerprint density at radius 3 is 2.68 bits per heavy atom. The highest BCUT2D eigenvalue weighted by atomic mass is 16.5. The van der Waals surface area contributed by atoms with Crippen LogP contribution in [0.1, 0.15) is 57.7 Å². The number of amides is 1. The van der Waals surface area contributed by atoms with Crippen molar-refractivity contribution in [2.24, 2.45) is 5.92 Å². The highest BCUT2D eigenvalue weighted by Crippen LogP contribution is 2.23. The van der Waals surface area contributed by atoms with Crippen molar-refractivity contribution >= 4 is 5.91 Å². The highest BCUT2D eigenvalue weighted by Gasteiger charge is 2.26. The van der Waals surface area contributed by atoms with E-state index in [1.54, 1.807) is 6.92 Å². The first-order valence-electron chi connectivity index (χ1n) is 8.22. The second-order valence-electron chi connectivity index (χ2n) is 6.46. The van der Waals surface area contributed by atoms with E-state index >= 15 is 0 Å². The molecule has 0 aliphatic heterocycles. The van der Waals surface area contributed by atoms with Crippen LogP contribution >= 0.6 is 0 Å². The number of carbonyl (C=O) groups is 1. The zero-order valence-electron chi connectivity index (χ0n) is 13.9. The van der Waals surface area contributed by atoms with E-state index in [1.165, 1.54) is 19.3 Å². The Kier molecular flexibility index (Phi) is 6.36. The minimum absolute atomic E-state index is 0.0665. The lowest BCUT2D eigenvalue weighted by molar-refractivity contribution is -0.140. The van der Waals surface area contributed by atoms with Crippen LogP contribution in [0, 0.1) is 12.8 Å².